The molecule has 2 heteroatoms. The number of benzene rings is 1. The van der Waals surface area contributed by atoms with E-state index < -0.39 is 0 Å². The molecule has 0 amide bonds. The molecular formula is C17H27NO. The third-order valence-electron chi connectivity index (χ3n) is 4.65. The van der Waals surface area contributed by atoms with Crippen LogP contribution in [0.5, 0.6) is 5.75 Å². The number of nitrogens with one attached hydrogen (secondary N) is 1. The van der Waals surface area contributed by atoms with Crippen LogP contribution in [-0.4, -0.2) is 18.7 Å². The maximum atomic E-state index is 6.21. The van der Waals surface area contributed by atoms with Gasteiger partial charge in [0.1, 0.15) is 11.9 Å². The zero-order valence-corrected chi connectivity index (χ0v) is 12.7. The lowest BCUT2D eigenvalue weighted by atomic mass is 9.61. The van der Waals surface area contributed by atoms with Crippen LogP contribution in [0.4, 0.5) is 0 Å². The van der Waals surface area contributed by atoms with Gasteiger partial charge in [0.05, 0.1) is 0 Å². The van der Waals surface area contributed by atoms with Crippen LogP contribution >= 0.6 is 0 Å². The van der Waals surface area contributed by atoms with Gasteiger partial charge in [0.2, 0.25) is 0 Å². The topological polar surface area (TPSA) is 21.3 Å². The number of aryl methyl sites for hydroxylation is 1. The molecule has 0 saturated heterocycles. The lowest BCUT2D eigenvalue weighted by Gasteiger charge is -2.53. The molecule has 1 fully saturated rings. The molecule has 1 aliphatic rings. The molecule has 0 radical (unpaired) electrons. The lowest BCUT2D eigenvalue weighted by molar-refractivity contribution is -0.0701. The van der Waals surface area contributed by atoms with E-state index >= 15 is 0 Å². The Bertz CT molecular complexity index is 417. The van der Waals surface area contributed by atoms with Crippen LogP contribution in [0.1, 0.15) is 45.6 Å². The standard InChI is InChI=1S/C17H27NO/c1-5-10-18-15-12-16(17(15,4)6-2)19-14-9-7-8-13(3)11-14/h7-9,11,15-16,18H,5-6,10,12H2,1-4H3. The Kier molecular flexibility index (Phi) is 4.51. The smallest absolute Gasteiger partial charge is 0.120 e. The average molecular weight is 261 g/mol. The molecule has 0 aliphatic heterocycles. The quantitative estimate of drug-likeness (QED) is 0.837. The van der Waals surface area contributed by atoms with E-state index in [9.17, 15) is 0 Å². The molecule has 1 aliphatic carbocycles. The minimum Gasteiger partial charge on any atom is -0.490 e. The Balaban J connectivity index is 1.98. The lowest BCUT2D eigenvalue weighted by Crippen LogP contribution is -2.63. The number of rotatable bonds is 6. The van der Waals surface area contributed by atoms with E-state index in [1.54, 1.807) is 0 Å². The van der Waals surface area contributed by atoms with Gasteiger partial charge in [-0.2, -0.15) is 0 Å². The third-order valence-corrected chi connectivity index (χ3v) is 4.65. The normalized spacial score (nSPS) is 29.9. The predicted octanol–water partition coefficient (Wildman–Crippen LogP) is 3.93. The minimum atomic E-state index is 0.263. The molecule has 3 unspecified atom stereocenters. The SMILES string of the molecule is CCCNC1CC(Oc2cccc(C)c2)C1(C)CC. The zero-order valence-electron chi connectivity index (χ0n) is 12.7. The average Bonchev–Trinajstić information content (AvgIpc) is 2.41. The van der Waals surface area contributed by atoms with Crippen molar-refractivity contribution < 1.29 is 4.74 Å². The maximum absolute atomic E-state index is 6.21. The highest BCUT2D eigenvalue weighted by Gasteiger charge is 2.51. The van der Waals surface area contributed by atoms with Crippen LogP contribution in [0.15, 0.2) is 24.3 Å². The fourth-order valence-corrected chi connectivity index (χ4v) is 2.96. The highest BCUT2D eigenvalue weighted by Crippen LogP contribution is 2.46. The van der Waals surface area contributed by atoms with E-state index in [1.165, 1.54) is 12.0 Å². The summed E-state index contributed by atoms with van der Waals surface area (Å²) >= 11 is 0. The van der Waals surface area contributed by atoms with Crippen LogP contribution in [0.3, 0.4) is 0 Å². The zero-order chi connectivity index (χ0) is 13.9. The van der Waals surface area contributed by atoms with Crippen molar-refractivity contribution in [1.82, 2.24) is 5.32 Å². The van der Waals surface area contributed by atoms with E-state index in [1.807, 2.05) is 0 Å². The molecule has 1 N–H and O–H groups in total. The van der Waals surface area contributed by atoms with Gasteiger partial charge in [-0.1, -0.05) is 32.9 Å². The van der Waals surface area contributed by atoms with Crippen molar-refractivity contribution in [2.24, 2.45) is 5.41 Å². The van der Waals surface area contributed by atoms with Gasteiger partial charge in [-0.25, -0.2) is 0 Å². The summed E-state index contributed by atoms with van der Waals surface area (Å²) in [6.45, 7) is 10.1. The van der Waals surface area contributed by atoms with Gasteiger partial charge in [-0.15, -0.1) is 0 Å². The van der Waals surface area contributed by atoms with Crippen molar-refractivity contribution in [3.63, 3.8) is 0 Å². The minimum absolute atomic E-state index is 0.263. The van der Waals surface area contributed by atoms with Crippen molar-refractivity contribution in [3.8, 4) is 5.75 Å². The van der Waals surface area contributed by atoms with Crippen molar-refractivity contribution >= 4 is 0 Å². The largest absolute Gasteiger partial charge is 0.490 e. The number of hydrogen-bond donors (Lipinski definition) is 1. The van der Waals surface area contributed by atoms with Crippen LogP contribution in [0, 0.1) is 12.3 Å². The second kappa shape index (κ2) is 5.96. The van der Waals surface area contributed by atoms with Gasteiger partial charge in [-0.05, 0) is 44.0 Å². The first-order chi connectivity index (χ1) is 9.10. The van der Waals surface area contributed by atoms with Crippen molar-refractivity contribution in [2.75, 3.05) is 6.54 Å². The van der Waals surface area contributed by atoms with Crippen molar-refractivity contribution in [3.05, 3.63) is 29.8 Å². The first-order valence-corrected chi connectivity index (χ1v) is 7.57. The summed E-state index contributed by atoms with van der Waals surface area (Å²) < 4.78 is 6.21. The van der Waals surface area contributed by atoms with Gasteiger partial charge in [-0.3, -0.25) is 0 Å². The summed E-state index contributed by atoms with van der Waals surface area (Å²) in [5.74, 6) is 1.01. The molecule has 2 rings (SSSR count). The Hall–Kier alpha value is -1.02. The number of hydrogen-bond acceptors (Lipinski definition) is 2. The van der Waals surface area contributed by atoms with E-state index in [2.05, 4.69) is 57.3 Å². The van der Waals surface area contributed by atoms with Gasteiger partial charge >= 0.3 is 0 Å². The summed E-state index contributed by atoms with van der Waals surface area (Å²) in [4.78, 5) is 0. The van der Waals surface area contributed by atoms with Crippen molar-refractivity contribution in [2.45, 2.75) is 59.1 Å². The second-order valence-electron chi connectivity index (χ2n) is 6.02. The van der Waals surface area contributed by atoms with E-state index in [0.717, 1.165) is 25.1 Å². The van der Waals surface area contributed by atoms with Crippen LogP contribution < -0.4 is 10.1 Å². The van der Waals surface area contributed by atoms with Crippen LogP contribution in [0.2, 0.25) is 0 Å². The van der Waals surface area contributed by atoms with Crippen molar-refractivity contribution in [1.29, 1.82) is 0 Å². The highest BCUT2D eigenvalue weighted by atomic mass is 16.5. The molecule has 2 nitrogen and oxygen atoms in total. The fraction of sp³-hybridized carbons (Fsp3) is 0.647. The molecule has 3 atom stereocenters. The summed E-state index contributed by atoms with van der Waals surface area (Å²) in [5.41, 5.74) is 1.52. The predicted molar refractivity (Wildman–Crippen MR) is 80.7 cm³/mol. The summed E-state index contributed by atoms with van der Waals surface area (Å²) in [5, 5.41) is 3.66. The molecule has 1 aromatic carbocycles. The highest BCUT2D eigenvalue weighted by molar-refractivity contribution is 5.28. The van der Waals surface area contributed by atoms with Gasteiger partial charge < -0.3 is 10.1 Å². The monoisotopic (exact) mass is 261 g/mol. The van der Waals surface area contributed by atoms with Gasteiger partial charge in [0.25, 0.3) is 0 Å². The van der Waals surface area contributed by atoms with Crippen LogP contribution in [0.25, 0.3) is 0 Å². The Labute approximate surface area is 117 Å². The summed E-state index contributed by atoms with van der Waals surface area (Å²) in [7, 11) is 0. The molecule has 0 bridgehead atoms. The fourth-order valence-electron chi connectivity index (χ4n) is 2.96. The Morgan fingerprint density at radius 2 is 2.16 bits per heavy atom. The first-order valence-electron chi connectivity index (χ1n) is 7.57. The first kappa shape index (κ1) is 14.4. The third kappa shape index (κ3) is 2.94. The second-order valence-corrected chi connectivity index (χ2v) is 6.02. The molecule has 1 saturated carbocycles. The molecular weight excluding hydrogens is 234 g/mol. The summed E-state index contributed by atoms with van der Waals surface area (Å²) in [6.07, 6.45) is 3.82. The Morgan fingerprint density at radius 3 is 2.79 bits per heavy atom. The van der Waals surface area contributed by atoms with E-state index in [0.29, 0.717) is 12.1 Å². The van der Waals surface area contributed by atoms with E-state index in [-0.39, 0.29) is 5.41 Å². The van der Waals surface area contributed by atoms with E-state index in [4.69, 9.17) is 4.74 Å². The van der Waals surface area contributed by atoms with Crippen LogP contribution in [-0.2, 0) is 0 Å². The Morgan fingerprint density at radius 1 is 1.37 bits per heavy atom. The van der Waals surface area contributed by atoms with Gasteiger partial charge in [0.15, 0.2) is 0 Å². The molecule has 0 aromatic heterocycles. The molecule has 0 heterocycles. The number of ether oxygens (including phenoxy) is 1. The molecule has 106 valence electrons. The van der Waals surface area contributed by atoms with Gasteiger partial charge in [0, 0.05) is 17.9 Å². The molecule has 19 heavy (non-hydrogen) atoms. The molecule has 0 spiro atoms. The molecule has 1 aromatic rings. The maximum Gasteiger partial charge on any atom is 0.120 e. The summed E-state index contributed by atoms with van der Waals surface area (Å²) in [6, 6.07) is 8.98.